The Balaban J connectivity index is 2.86. The Bertz CT molecular complexity index is 449. The summed E-state index contributed by atoms with van der Waals surface area (Å²) in [5, 5.41) is 8.69. The number of rotatable bonds is 4. The number of nitriles is 1. The van der Waals surface area contributed by atoms with Crippen LogP contribution >= 0.6 is 0 Å². The van der Waals surface area contributed by atoms with E-state index in [0.717, 1.165) is 11.6 Å². The van der Waals surface area contributed by atoms with E-state index in [0.29, 0.717) is 12.5 Å². The van der Waals surface area contributed by atoms with Crippen LogP contribution < -0.4 is 4.74 Å². The van der Waals surface area contributed by atoms with Crippen LogP contribution in [0.4, 0.5) is 8.78 Å². The minimum atomic E-state index is -0.909. The molecule has 2 nitrogen and oxygen atoms in total. The third-order valence-corrected chi connectivity index (χ3v) is 1.92. The quantitative estimate of drug-likeness (QED) is 0.734. The van der Waals surface area contributed by atoms with Gasteiger partial charge in [0.25, 0.3) is 0 Å². The number of nitrogens with zero attached hydrogens (tertiary/aromatic N) is 1. The van der Waals surface area contributed by atoms with E-state index in [1.807, 2.05) is 6.92 Å². The fourth-order valence-corrected chi connectivity index (χ4v) is 1.11. The van der Waals surface area contributed by atoms with E-state index < -0.39 is 11.6 Å². The van der Waals surface area contributed by atoms with Gasteiger partial charge in [-0.25, -0.2) is 8.78 Å². The van der Waals surface area contributed by atoms with Gasteiger partial charge in [-0.2, -0.15) is 5.26 Å². The van der Waals surface area contributed by atoms with Crippen LogP contribution in [0.25, 0.3) is 0 Å². The van der Waals surface area contributed by atoms with Gasteiger partial charge in [0.05, 0.1) is 6.61 Å². The largest absolute Gasteiger partial charge is 0.492 e. The van der Waals surface area contributed by atoms with Gasteiger partial charge in [-0.15, -0.1) is 6.58 Å². The molecule has 0 amide bonds. The molecule has 0 aliphatic carbocycles. The molecule has 0 unspecified atom stereocenters. The van der Waals surface area contributed by atoms with Crippen molar-refractivity contribution in [1.82, 2.24) is 0 Å². The maximum Gasteiger partial charge on any atom is 0.147 e. The van der Waals surface area contributed by atoms with E-state index in [9.17, 15) is 8.78 Å². The third-order valence-electron chi connectivity index (χ3n) is 1.92. The van der Waals surface area contributed by atoms with Crippen LogP contribution in [0.3, 0.4) is 0 Å². The van der Waals surface area contributed by atoms with E-state index >= 15 is 0 Å². The van der Waals surface area contributed by atoms with Crippen molar-refractivity contribution in [2.45, 2.75) is 13.3 Å². The number of benzene rings is 1. The Hall–Kier alpha value is -1.89. The van der Waals surface area contributed by atoms with Crippen LogP contribution in [-0.2, 0) is 0 Å². The molecule has 0 aliphatic heterocycles. The summed E-state index contributed by atoms with van der Waals surface area (Å²) in [4.78, 5) is 0. The number of halogens is 2. The molecule has 84 valence electrons. The SMILES string of the molecule is C=C(C)CCOc1cc(F)cc(F)c1C#N. The van der Waals surface area contributed by atoms with Crippen molar-refractivity contribution < 1.29 is 13.5 Å². The first-order chi connectivity index (χ1) is 7.54. The van der Waals surface area contributed by atoms with Crippen molar-refractivity contribution in [1.29, 1.82) is 5.26 Å². The molecule has 0 saturated carbocycles. The molecule has 0 atom stereocenters. The van der Waals surface area contributed by atoms with E-state index in [2.05, 4.69) is 6.58 Å². The van der Waals surface area contributed by atoms with Gasteiger partial charge >= 0.3 is 0 Å². The third kappa shape index (κ3) is 3.06. The van der Waals surface area contributed by atoms with E-state index in [1.54, 1.807) is 6.07 Å². The van der Waals surface area contributed by atoms with Gasteiger partial charge in [-0.3, -0.25) is 0 Å². The minimum Gasteiger partial charge on any atom is -0.492 e. The molecule has 1 aromatic rings. The normalized spacial score (nSPS) is 9.62. The maximum absolute atomic E-state index is 13.1. The lowest BCUT2D eigenvalue weighted by Gasteiger charge is -2.08. The molecule has 0 N–H and O–H groups in total. The lowest BCUT2D eigenvalue weighted by atomic mass is 10.2. The highest BCUT2D eigenvalue weighted by Crippen LogP contribution is 2.22. The highest BCUT2D eigenvalue weighted by atomic mass is 19.1. The summed E-state index contributed by atoms with van der Waals surface area (Å²) >= 11 is 0. The Morgan fingerprint density at radius 3 is 2.75 bits per heavy atom. The molecule has 0 spiro atoms. The molecule has 0 aliphatic rings. The standard InChI is InChI=1S/C12H11F2NO/c1-8(2)3-4-16-12-6-9(13)5-11(14)10(12)7-15/h5-6H,1,3-4H2,2H3. The summed E-state index contributed by atoms with van der Waals surface area (Å²) < 4.78 is 31.2. The molecule has 0 saturated heterocycles. The Morgan fingerprint density at radius 1 is 1.50 bits per heavy atom. The predicted octanol–water partition coefficient (Wildman–Crippen LogP) is 3.18. The fraction of sp³-hybridized carbons (Fsp3) is 0.250. The second-order valence-electron chi connectivity index (χ2n) is 3.43. The monoisotopic (exact) mass is 223 g/mol. The van der Waals surface area contributed by atoms with Gasteiger partial charge in [0.15, 0.2) is 0 Å². The molecular formula is C12H11F2NO. The van der Waals surface area contributed by atoms with E-state index in [-0.39, 0.29) is 17.9 Å². The molecule has 0 radical (unpaired) electrons. The van der Waals surface area contributed by atoms with Crippen molar-refractivity contribution in [2.75, 3.05) is 6.61 Å². The van der Waals surface area contributed by atoms with Crippen LogP contribution in [0.15, 0.2) is 24.3 Å². The van der Waals surface area contributed by atoms with Crippen molar-refractivity contribution >= 4 is 0 Å². The first kappa shape index (κ1) is 12.2. The number of hydrogen-bond acceptors (Lipinski definition) is 2. The van der Waals surface area contributed by atoms with Crippen LogP contribution in [0.1, 0.15) is 18.9 Å². The summed E-state index contributed by atoms with van der Waals surface area (Å²) in [6.07, 6.45) is 0.572. The first-order valence-corrected chi connectivity index (χ1v) is 4.71. The second kappa shape index (κ2) is 5.26. The van der Waals surface area contributed by atoms with Gasteiger partial charge in [-0.1, -0.05) is 5.57 Å². The zero-order chi connectivity index (χ0) is 12.1. The van der Waals surface area contributed by atoms with E-state index in [4.69, 9.17) is 10.00 Å². The minimum absolute atomic E-state index is 0.0683. The van der Waals surface area contributed by atoms with Gasteiger partial charge in [-0.05, 0) is 6.92 Å². The summed E-state index contributed by atoms with van der Waals surface area (Å²) in [6.45, 7) is 5.73. The molecule has 0 aromatic heterocycles. The zero-order valence-electron chi connectivity index (χ0n) is 8.89. The molecule has 0 bridgehead atoms. The Kier molecular flexibility index (Phi) is 4.01. The molecule has 4 heteroatoms. The summed E-state index contributed by atoms with van der Waals surface area (Å²) in [7, 11) is 0. The molecule has 0 fully saturated rings. The fourth-order valence-electron chi connectivity index (χ4n) is 1.11. The van der Waals surface area contributed by atoms with Gasteiger partial charge < -0.3 is 4.74 Å². The van der Waals surface area contributed by atoms with Crippen molar-refractivity contribution in [3.8, 4) is 11.8 Å². The molecule has 0 heterocycles. The van der Waals surface area contributed by atoms with Crippen LogP contribution in [-0.4, -0.2) is 6.61 Å². The molecular weight excluding hydrogens is 212 g/mol. The van der Waals surface area contributed by atoms with Crippen LogP contribution in [0, 0.1) is 23.0 Å². The zero-order valence-corrected chi connectivity index (χ0v) is 8.89. The molecule has 1 aromatic carbocycles. The highest BCUT2D eigenvalue weighted by Gasteiger charge is 2.11. The van der Waals surface area contributed by atoms with Crippen molar-refractivity contribution in [3.63, 3.8) is 0 Å². The van der Waals surface area contributed by atoms with Gasteiger partial charge in [0.1, 0.15) is 29.0 Å². The number of hydrogen-bond donors (Lipinski definition) is 0. The average molecular weight is 223 g/mol. The second-order valence-corrected chi connectivity index (χ2v) is 3.43. The Labute approximate surface area is 92.8 Å². The smallest absolute Gasteiger partial charge is 0.147 e. The summed E-state index contributed by atoms with van der Waals surface area (Å²) in [6, 6.07) is 3.30. The first-order valence-electron chi connectivity index (χ1n) is 4.71. The van der Waals surface area contributed by atoms with Crippen LogP contribution in [0.5, 0.6) is 5.75 Å². The molecule has 16 heavy (non-hydrogen) atoms. The predicted molar refractivity (Wildman–Crippen MR) is 56.0 cm³/mol. The summed E-state index contributed by atoms with van der Waals surface area (Å²) in [5.74, 6) is -1.74. The van der Waals surface area contributed by atoms with Gasteiger partial charge in [0, 0.05) is 18.6 Å². The van der Waals surface area contributed by atoms with Crippen molar-refractivity contribution in [2.24, 2.45) is 0 Å². The number of ether oxygens (including phenoxy) is 1. The average Bonchev–Trinajstić information content (AvgIpc) is 2.16. The topological polar surface area (TPSA) is 33.0 Å². The lowest BCUT2D eigenvalue weighted by molar-refractivity contribution is 0.317. The Morgan fingerprint density at radius 2 is 2.19 bits per heavy atom. The maximum atomic E-state index is 13.1. The lowest BCUT2D eigenvalue weighted by Crippen LogP contribution is -2.01. The highest BCUT2D eigenvalue weighted by molar-refractivity contribution is 5.44. The van der Waals surface area contributed by atoms with Crippen molar-refractivity contribution in [3.05, 3.63) is 41.5 Å². The molecule has 1 rings (SSSR count). The van der Waals surface area contributed by atoms with Gasteiger partial charge in [0.2, 0.25) is 0 Å². The van der Waals surface area contributed by atoms with E-state index in [1.165, 1.54) is 0 Å². The summed E-state index contributed by atoms with van der Waals surface area (Å²) in [5.41, 5.74) is 0.624. The van der Waals surface area contributed by atoms with Crippen LogP contribution in [0.2, 0.25) is 0 Å².